The molecule has 4 rings (SSSR count). The van der Waals surface area contributed by atoms with E-state index in [2.05, 4.69) is 37.9 Å². The van der Waals surface area contributed by atoms with Gasteiger partial charge in [-0.1, -0.05) is 0 Å². The summed E-state index contributed by atoms with van der Waals surface area (Å²) in [5.74, 6) is -1.49. The summed E-state index contributed by atoms with van der Waals surface area (Å²) in [7, 11) is 11.2. The van der Waals surface area contributed by atoms with Gasteiger partial charge in [-0.2, -0.15) is 0 Å². The van der Waals surface area contributed by atoms with Crippen LogP contribution in [-0.4, -0.2) is 105 Å². The monoisotopic (exact) mass is 800 g/mol. The lowest BCUT2D eigenvalue weighted by Crippen LogP contribution is -2.27. The summed E-state index contributed by atoms with van der Waals surface area (Å²) in [5, 5.41) is 0. The summed E-state index contributed by atoms with van der Waals surface area (Å²) in [6, 6.07) is 0. The maximum Gasteiger partial charge on any atom is 0.308 e. The Morgan fingerprint density at radius 3 is 0.339 bits per heavy atom. The van der Waals surface area contributed by atoms with Crippen molar-refractivity contribution < 1.29 is 76.3 Å². The molecule has 4 saturated carbocycles. The number of ether oxygens (including phenoxy) is 8. The van der Waals surface area contributed by atoms with Gasteiger partial charge in [0.05, 0.1) is 104 Å². The van der Waals surface area contributed by atoms with Gasteiger partial charge in [0.25, 0.3) is 0 Å². The third-order valence-electron chi connectivity index (χ3n) is 11.2. The highest BCUT2D eigenvalue weighted by Crippen LogP contribution is 2.33. The van der Waals surface area contributed by atoms with E-state index >= 15 is 0 Å². The molecule has 56 heavy (non-hydrogen) atoms. The summed E-state index contributed by atoms with van der Waals surface area (Å²) in [5.41, 5.74) is 0. The molecule has 4 aliphatic rings. The molecule has 16 nitrogen and oxygen atoms in total. The SMILES string of the molecule is COC(=O)C1CCC(C(=O)OC)CC1.COC(=O)C1CCC(C(=O)OC)CC1.COC(=O)C1CCC(C(=O)OC)CC1.COC(=O)C1CCC(C(=O)OC)CC1. The van der Waals surface area contributed by atoms with Crippen molar-refractivity contribution in [3.63, 3.8) is 0 Å². The van der Waals surface area contributed by atoms with Crippen LogP contribution in [0.2, 0.25) is 0 Å². The fraction of sp³-hybridized carbons (Fsp3) is 0.800. The summed E-state index contributed by atoms with van der Waals surface area (Å²) in [6.07, 6.45) is 11.7. The Morgan fingerprint density at radius 2 is 0.286 bits per heavy atom. The van der Waals surface area contributed by atoms with Gasteiger partial charge in [0, 0.05) is 0 Å². The van der Waals surface area contributed by atoms with Crippen LogP contribution in [-0.2, 0) is 76.3 Å². The van der Waals surface area contributed by atoms with Crippen LogP contribution in [0.25, 0.3) is 0 Å². The Labute approximate surface area is 330 Å². The molecule has 4 aliphatic carbocycles. The Balaban J connectivity index is 0.000000373. The van der Waals surface area contributed by atoms with Crippen LogP contribution in [0.4, 0.5) is 0 Å². The van der Waals surface area contributed by atoms with Crippen LogP contribution in [0.5, 0.6) is 0 Å². The Hall–Kier alpha value is -4.24. The first-order chi connectivity index (χ1) is 26.7. The van der Waals surface area contributed by atoms with Gasteiger partial charge < -0.3 is 37.9 Å². The van der Waals surface area contributed by atoms with Crippen molar-refractivity contribution in [2.24, 2.45) is 47.3 Å². The van der Waals surface area contributed by atoms with Gasteiger partial charge in [0.2, 0.25) is 0 Å². The zero-order valence-corrected chi connectivity index (χ0v) is 34.5. The molecule has 0 aromatic heterocycles. The second-order valence-electron chi connectivity index (χ2n) is 14.4. The molecule has 0 amide bonds. The van der Waals surface area contributed by atoms with E-state index in [9.17, 15) is 38.4 Å². The van der Waals surface area contributed by atoms with Crippen LogP contribution >= 0.6 is 0 Å². The predicted octanol–water partition coefficient (Wildman–Crippen LogP) is 4.56. The maximum absolute atomic E-state index is 11.2. The first-order valence-electron chi connectivity index (χ1n) is 19.4. The number of hydrogen-bond donors (Lipinski definition) is 0. The maximum atomic E-state index is 11.2. The molecule has 0 spiro atoms. The molecular formula is C40H64O16. The highest BCUT2D eigenvalue weighted by atomic mass is 16.5. The van der Waals surface area contributed by atoms with E-state index in [-0.39, 0.29) is 95.1 Å². The fourth-order valence-corrected chi connectivity index (χ4v) is 7.59. The molecule has 0 aromatic carbocycles. The third-order valence-corrected chi connectivity index (χ3v) is 11.2. The second-order valence-corrected chi connectivity index (χ2v) is 14.4. The Bertz CT molecular complexity index is 961. The van der Waals surface area contributed by atoms with E-state index in [0.717, 1.165) is 103 Å². The van der Waals surface area contributed by atoms with Crippen LogP contribution in [0, 0.1) is 47.3 Å². The standard InChI is InChI=1S/4C10H16O4/c4*1-13-9(11)7-3-5-8(6-4-7)10(12)14-2/h4*7-8H,3-6H2,1-2H3. The minimum Gasteiger partial charge on any atom is -0.469 e. The largest absolute Gasteiger partial charge is 0.469 e. The molecule has 0 N–H and O–H groups in total. The molecule has 0 radical (unpaired) electrons. The molecule has 320 valence electrons. The Morgan fingerprint density at radius 1 is 0.214 bits per heavy atom. The van der Waals surface area contributed by atoms with Crippen LogP contribution in [0.1, 0.15) is 103 Å². The average Bonchev–Trinajstić information content (AvgIpc) is 3.27. The molecular weight excluding hydrogens is 736 g/mol. The van der Waals surface area contributed by atoms with E-state index in [1.165, 1.54) is 56.9 Å². The molecule has 0 atom stereocenters. The number of hydrogen-bond acceptors (Lipinski definition) is 16. The number of carbonyl (C=O) groups is 8. The van der Waals surface area contributed by atoms with E-state index in [4.69, 9.17) is 0 Å². The molecule has 0 bridgehead atoms. The molecule has 0 heterocycles. The van der Waals surface area contributed by atoms with Gasteiger partial charge in [-0.05, 0) is 103 Å². The number of rotatable bonds is 8. The minimum absolute atomic E-state index is 0.0269. The van der Waals surface area contributed by atoms with Crippen molar-refractivity contribution in [2.45, 2.75) is 103 Å². The summed E-state index contributed by atoms with van der Waals surface area (Å²) >= 11 is 0. The van der Waals surface area contributed by atoms with Crippen molar-refractivity contribution in [3.8, 4) is 0 Å². The number of carbonyl (C=O) groups excluding carboxylic acids is 8. The highest BCUT2D eigenvalue weighted by Gasteiger charge is 2.33. The lowest BCUT2D eigenvalue weighted by molar-refractivity contribution is -0.151. The van der Waals surface area contributed by atoms with Crippen LogP contribution in [0.3, 0.4) is 0 Å². The zero-order valence-electron chi connectivity index (χ0n) is 34.5. The summed E-state index contributed by atoms with van der Waals surface area (Å²) < 4.78 is 37.3. The first-order valence-corrected chi connectivity index (χ1v) is 19.4. The van der Waals surface area contributed by atoms with Gasteiger partial charge in [-0.25, -0.2) is 0 Å². The van der Waals surface area contributed by atoms with E-state index in [1.807, 2.05) is 0 Å². The molecule has 16 heteroatoms. The van der Waals surface area contributed by atoms with Gasteiger partial charge in [0.15, 0.2) is 0 Å². The summed E-state index contributed by atoms with van der Waals surface area (Å²) in [4.78, 5) is 89.4. The van der Waals surface area contributed by atoms with Crippen molar-refractivity contribution in [3.05, 3.63) is 0 Å². The molecule has 0 aromatic rings. The fourth-order valence-electron chi connectivity index (χ4n) is 7.59. The molecule has 0 saturated heterocycles. The highest BCUT2D eigenvalue weighted by molar-refractivity contribution is 5.77. The van der Waals surface area contributed by atoms with E-state index in [1.54, 1.807) is 0 Å². The van der Waals surface area contributed by atoms with E-state index in [0.29, 0.717) is 0 Å². The van der Waals surface area contributed by atoms with Gasteiger partial charge in [-0.15, -0.1) is 0 Å². The lowest BCUT2D eigenvalue weighted by Gasteiger charge is -2.24. The normalized spacial score (nSPS) is 26.7. The summed E-state index contributed by atoms with van der Waals surface area (Å²) in [6.45, 7) is 0. The molecule has 4 fully saturated rings. The predicted molar refractivity (Wildman–Crippen MR) is 198 cm³/mol. The first kappa shape index (κ1) is 49.8. The third kappa shape index (κ3) is 16.9. The quantitative estimate of drug-likeness (QED) is 0.243. The number of esters is 8. The van der Waals surface area contributed by atoms with Gasteiger partial charge in [0.1, 0.15) is 0 Å². The van der Waals surface area contributed by atoms with Crippen molar-refractivity contribution in [2.75, 3.05) is 56.9 Å². The lowest BCUT2D eigenvalue weighted by atomic mass is 9.82. The Kier molecular flexibility index (Phi) is 24.3. The van der Waals surface area contributed by atoms with Crippen LogP contribution < -0.4 is 0 Å². The second kappa shape index (κ2) is 27.4. The zero-order chi connectivity index (χ0) is 42.2. The smallest absolute Gasteiger partial charge is 0.308 e. The van der Waals surface area contributed by atoms with Gasteiger partial charge >= 0.3 is 47.8 Å². The molecule has 0 aliphatic heterocycles. The molecule has 0 unspecified atom stereocenters. The van der Waals surface area contributed by atoms with Gasteiger partial charge in [-0.3, -0.25) is 38.4 Å². The topological polar surface area (TPSA) is 210 Å². The van der Waals surface area contributed by atoms with Crippen molar-refractivity contribution in [1.29, 1.82) is 0 Å². The number of methoxy groups -OCH3 is 8. The van der Waals surface area contributed by atoms with Crippen molar-refractivity contribution in [1.82, 2.24) is 0 Å². The average molecular weight is 801 g/mol. The minimum atomic E-state index is -0.159. The van der Waals surface area contributed by atoms with Crippen molar-refractivity contribution >= 4 is 47.8 Å². The van der Waals surface area contributed by atoms with Crippen LogP contribution in [0.15, 0.2) is 0 Å². The van der Waals surface area contributed by atoms with E-state index < -0.39 is 0 Å².